The van der Waals surface area contributed by atoms with Gasteiger partial charge in [-0.15, -0.1) is 0 Å². The van der Waals surface area contributed by atoms with Gasteiger partial charge in [-0.3, -0.25) is 4.90 Å². The molecule has 1 aliphatic heterocycles. The van der Waals surface area contributed by atoms with E-state index in [1.54, 1.807) is 0 Å². The number of alkyl halides is 1. The average molecular weight is 330 g/mol. The molecule has 1 heterocycles. The zero-order valence-electron chi connectivity index (χ0n) is 11.8. The first kappa shape index (κ1) is 13.8. The van der Waals surface area contributed by atoms with E-state index in [2.05, 4.69) is 88.4 Å². The Kier molecular flexibility index (Phi) is 3.95. The van der Waals surface area contributed by atoms with Crippen molar-refractivity contribution in [1.82, 2.24) is 4.90 Å². The largest absolute Gasteiger partial charge is 0.286 e. The van der Waals surface area contributed by atoms with E-state index in [0.717, 1.165) is 11.9 Å². The van der Waals surface area contributed by atoms with Crippen LogP contribution in [0, 0.1) is 0 Å². The second kappa shape index (κ2) is 5.71. The Balaban J connectivity index is 1.85. The summed E-state index contributed by atoms with van der Waals surface area (Å²) in [5, 5.41) is 1.04. The molecule has 0 radical (unpaired) electrons. The normalized spacial score (nSPS) is 26.2. The van der Waals surface area contributed by atoms with Crippen LogP contribution in [0.1, 0.15) is 24.5 Å². The predicted molar refractivity (Wildman–Crippen MR) is 88.0 cm³/mol. The molecule has 1 aliphatic rings. The Labute approximate surface area is 129 Å². The predicted octanol–water partition coefficient (Wildman–Crippen LogP) is 4.57. The Hall–Kier alpha value is -1.12. The second-order valence-electron chi connectivity index (χ2n) is 5.77. The fourth-order valence-corrected chi connectivity index (χ4v) is 3.86. The van der Waals surface area contributed by atoms with Crippen molar-refractivity contribution in [3.63, 3.8) is 0 Å². The lowest BCUT2D eigenvalue weighted by Crippen LogP contribution is -2.62. The summed E-state index contributed by atoms with van der Waals surface area (Å²) < 4.78 is 0. The summed E-state index contributed by atoms with van der Waals surface area (Å²) in [5.74, 6) is 0. The van der Waals surface area contributed by atoms with Gasteiger partial charge in [-0.2, -0.15) is 0 Å². The molecular formula is C18H20BrN. The van der Waals surface area contributed by atoms with E-state index in [-0.39, 0.29) is 5.54 Å². The molecule has 1 saturated heterocycles. The molecular weight excluding hydrogens is 310 g/mol. The third-order valence-electron chi connectivity index (χ3n) is 4.48. The highest BCUT2D eigenvalue weighted by Crippen LogP contribution is 2.46. The zero-order chi connectivity index (χ0) is 14.0. The number of likely N-dealkylation sites (tertiary alicyclic amines) is 1. The second-order valence-corrected chi connectivity index (χ2v) is 6.41. The van der Waals surface area contributed by atoms with Crippen LogP contribution in [0.25, 0.3) is 0 Å². The number of halogens is 1. The molecule has 2 aromatic carbocycles. The van der Waals surface area contributed by atoms with Gasteiger partial charge in [0.1, 0.15) is 0 Å². The monoisotopic (exact) mass is 329 g/mol. The number of nitrogens with zero attached hydrogens (tertiary/aromatic N) is 1. The molecule has 2 unspecified atom stereocenters. The maximum atomic E-state index is 3.66. The van der Waals surface area contributed by atoms with Crippen LogP contribution < -0.4 is 0 Å². The summed E-state index contributed by atoms with van der Waals surface area (Å²) in [6, 6.07) is 22.3. The SMILES string of the molecule is CC1(c2ccccc2)CC(CBr)N1Cc1ccccc1. The van der Waals surface area contributed by atoms with E-state index < -0.39 is 0 Å². The number of hydrogen-bond donors (Lipinski definition) is 0. The molecule has 0 bridgehead atoms. The van der Waals surface area contributed by atoms with Gasteiger partial charge in [-0.05, 0) is 24.5 Å². The van der Waals surface area contributed by atoms with Crippen molar-refractivity contribution in [3.8, 4) is 0 Å². The van der Waals surface area contributed by atoms with E-state index in [4.69, 9.17) is 0 Å². The number of rotatable bonds is 4. The maximum absolute atomic E-state index is 3.66. The minimum atomic E-state index is 0.162. The summed E-state index contributed by atoms with van der Waals surface area (Å²) in [6.45, 7) is 3.38. The van der Waals surface area contributed by atoms with Gasteiger partial charge in [-0.1, -0.05) is 76.6 Å². The molecule has 0 saturated carbocycles. The molecule has 0 N–H and O–H groups in total. The third kappa shape index (κ3) is 2.43. The third-order valence-corrected chi connectivity index (χ3v) is 5.22. The molecule has 2 atom stereocenters. The molecule has 1 nitrogen and oxygen atoms in total. The number of benzene rings is 2. The molecule has 2 aromatic rings. The van der Waals surface area contributed by atoms with Crippen molar-refractivity contribution in [2.75, 3.05) is 5.33 Å². The van der Waals surface area contributed by atoms with Crippen LogP contribution in [-0.2, 0) is 12.1 Å². The van der Waals surface area contributed by atoms with Crippen LogP contribution >= 0.6 is 15.9 Å². The summed E-state index contributed by atoms with van der Waals surface area (Å²) in [7, 11) is 0. The van der Waals surface area contributed by atoms with Gasteiger partial charge >= 0.3 is 0 Å². The van der Waals surface area contributed by atoms with Gasteiger partial charge in [0.2, 0.25) is 0 Å². The highest BCUT2D eigenvalue weighted by atomic mass is 79.9. The van der Waals surface area contributed by atoms with E-state index in [1.165, 1.54) is 17.5 Å². The molecule has 1 fully saturated rings. The molecule has 0 spiro atoms. The Morgan fingerprint density at radius 3 is 2.25 bits per heavy atom. The van der Waals surface area contributed by atoms with Gasteiger partial charge in [0, 0.05) is 23.5 Å². The lowest BCUT2D eigenvalue weighted by molar-refractivity contribution is -0.0630. The number of hydrogen-bond acceptors (Lipinski definition) is 1. The lowest BCUT2D eigenvalue weighted by atomic mass is 9.75. The minimum Gasteiger partial charge on any atom is -0.286 e. The first-order valence-corrected chi connectivity index (χ1v) is 8.28. The van der Waals surface area contributed by atoms with Crippen LogP contribution in [0.5, 0.6) is 0 Å². The molecule has 3 rings (SSSR count). The van der Waals surface area contributed by atoms with Crippen molar-refractivity contribution >= 4 is 15.9 Å². The highest BCUT2D eigenvalue weighted by Gasteiger charge is 2.48. The van der Waals surface area contributed by atoms with Gasteiger partial charge < -0.3 is 0 Å². The Bertz CT molecular complexity index is 554. The molecule has 0 aromatic heterocycles. The van der Waals surface area contributed by atoms with Gasteiger partial charge in [0.25, 0.3) is 0 Å². The fraction of sp³-hybridized carbons (Fsp3) is 0.333. The van der Waals surface area contributed by atoms with Crippen molar-refractivity contribution in [2.45, 2.75) is 31.5 Å². The van der Waals surface area contributed by atoms with Crippen molar-refractivity contribution in [1.29, 1.82) is 0 Å². The zero-order valence-corrected chi connectivity index (χ0v) is 13.4. The smallest absolute Gasteiger partial charge is 0.0454 e. The summed E-state index contributed by atoms with van der Waals surface area (Å²) in [4.78, 5) is 2.62. The first-order chi connectivity index (χ1) is 9.74. The summed E-state index contributed by atoms with van der Waals surface area (Å²) in [5.41, 5.74) is 2.98. The van der Waals surface area contributed by atoms with Crippen molar-refractivity contribution in [2.24, 2.45) is 0 Å². The van der Waals surface area contributed by atoms with Crippen molar-refractivity contribution in [3.05, 3.63) is 71.8 Å². The van der Waals surface area contributed by atoms with Crippen LogP contribution in [0.3, 0.4) is 0 Å². The summed E-state index contributed by atoms with van der Waals surface area (Å²) >= 11 is 3.66. The molecule has 2 heteroatoms. The standard InChI is InChI=1S/C18H20BrN/c1-18(16-10-6-3-7-11-16)12-17(13-19)20(18)14-15-8-4-2-5-9-15/h2-11,17H,12-14H2,1H3. The van der Waals surface area contributed by atoms with E-state index in [1.807, 2.05) is 0 Å². The minimum absolute atomic E-state index is 0.162. The Morgan fingerprint density at radius 2 is 1.65 bits per heavy atom. The highest BCUT2D eigenvalue weighted by molar-refractivity contribution is 9.09. The molecule has 104 valence electrons. The van der Waals surface area contributed by atoms with Crippen molar-refractivity contribution < 1.29 is 0 Å². The quantitative estimate of drug-likeness (QED) is 0.742. The van der Waals surface area contributed by atoms with Crippen LogP contribution in [0.4, 0.5) is 0 Å². The van der Waals surface area contributed by atoms with Gasteiger partial charge in [0.05, 0.1) is 0 Å². The first-order valence-electron chi connectivity index (χ1n) is 7.16. The van der Waals surface area contributed by atoms with E-state index >= 15 is 0 Å². The maximum Gasteiger partial charge on any atom is 0.0454 e. The van der Waals surface area contributed by atoms with Crippen LogP contribution in [0.2, 0.25) is 0 Å². The molecule has 0 amide bonds. The molecule has 0 aliphatic carbocycles. The van der Waals surface area contributed by atoms with Crippen LogP contribution in [0.15, 0.2) is 60.7 Å². The Morgan fingerprint density at radius 1 is 1.05 bits per heavy atom. The van der Waals surface area contributed by atoms with E-state index in [0.29, 0.717) is 6.04 Å². The van der Waals surface area contributed by atoms with E-state index in [9.17, 15) is 0 Å². The fourth-order valence-electron chi connectivity index (χ4n) is 3.28. The lowest BCUT2D eigenvalue weighted by Gasteiger charge is -2.57. The topological polar surface area (TPSA) is 3.24 Å². The van der Waals surface area contributed by atoms with Gasteiger partial charge in [-0.25, -0.2) is 0 Å². The van der Waals surface area contributed by atoms with Gasteiger partial charge in [0.15, 0.2) is 0 Å². The van der Waals surface area contributed by atoms with Crippen LogP contribution in [-0.4, -0.2) is 16.3 Å². The summed E-state index contributed by atoms with van der Waals surface area (Å²) in [6.07, 6.45) is 1.22. The molecule has 20 heavy (non-hydrogen) atoms. The average Bonchev–Trinajstić information content (AvgIpc) is 2.52.